The van der Waals surface area contributed by atoms with Crippen molar-refractivity contribution in [3.8, 4) is 5.75 Å². The fourth-order valence-corrected chi connectivity index (χ4v) is 3.20. The van der Waals surface area contributed by atoms with E-state index in [1.54, 1.807) is 12.3 Å². The van der Waals surface area contributed by atoms with Gasteiger partial charge >= 0.3 is 0 Å². The molecule has 1 aromatic heterocycles. The molecule has 1 aromatic carbocycles. The number of aromatic nitrogens is 1. The van der Waals surface area contributed by atoms with Crippen LogP contribution in [0.5, 0.6) is 5.75 Å². The van der Waals surface area contributed by atoms with Crippen molar-refractivity contribution in [2.75, 3.05) is 13.2 Å². The van der Waals surface area contributed by atoms with E-state index in [9.17, 15) is 30.6 Å². The van der Waals surface area contributed by atoms with Crippen molar-refractivity contribution in [2.45, 2.75) is 36.7 Å². The second-order valence-corrected chi connectivity index (χ2v) is 6.24. The molecule has 1 saturated heterocycles. The molecule has 8 N–H and O–H groups in total. The molecule has 3 rings (SSSR count). The lowest BCUT2D eigenvalue weighted by molar-refractivity contribution is -0.369. The van der Waals surface area contributed by atoms with Crippen LogP contribution in [0.3, 0.4) is 0 Å². The molecule has 0 saturated carbocycles. The lowest BCUT2D eigenvalue weighted by Gasteiger charge is -2.45. The predicted molar refractivity (Wildman–Crippen MR) is 86.5 cm³/mol. The number of nitrogens with zero attached hydrogens (tertiary/aromatic N) is 1. The summed E-state index contributed by atoms with van der Waals surface area (Å²) < 4.78 is 6.82. The van der Waals surface area contributed by atoms with Crippen LogP contribution in [0.1, 0.15) is 11.8 Å². The molecule has 2 heterocycles. The summed E-state index contributed by atoms with van der Waals surface area (Å²) in [6.07, 6.45) is -4.31. The van der Waals surface area contributed by atoms with Crippen LogP contribution in [-0.2, 0) is 11.2 Å². The Kier molecular flexibility index (Phi) is 4.73. The molecule has 1 aliphatic heterocycles. The number of hydrogen-bond donors (Lipinski definition) is 7. The number of phenols is 1. The molecule has 1 aliphatic rings. The summed E-state index contributed by atoms with van der Waals surface area (Å²) in [6, 6.07) is 4.58. The summed E-state index contributed by atoms with van der Waals surface area (Å²) in [4.78, 5) is 0. The number of ether oxygens (including phenoxy) is 1. The lowest BCUT2D eigenvalue weighted by atomic mass is 9.95. The van der Waals surface area contributed by atoms with Crippen LogP contribution in [0.25, 0.3) is 10.9 Å². The molecule has 0 bridgehead atoms. The van der Waals surface area contributed by atoms with E-state index in [-0.39, 0.29) is 5.75 Å². The van der Waals surface area contributed by atoms with Gasteiger partial charge in [-0.1, -0.05) is 0 Å². The summed E-state index contributed by atoms with van der Waals surface area (Å²) in [7, 11) is 0. The highest BCUT2D eigenvalue weighted by atomic mass is 16.7. The Balaban J connectivity index is 2.11. The molecule has 0 radical (unpaired) electrons. The molecule has 9 nitrogen and oxygen atoms in total. The number of hydrogen-bond acceptors (Lipinski definition) is 8. The maximum absolute atomic E-state index is 10.3. The van der Waals surface area contributed by atoms with E-state index >= 15 is 0 Å². The Hall–Kier alpha value is -1.72. The zero-order valence-corrected chi connectivity index (χ0v) is 13.4. The Bertz CT molecular complexity index is 764. The van der Waals surface area contributed by atoms with Gasteiger partial charge in [-0.3, -0.25) is 0 Å². The molecular weight excluding hydrogens is 332 g/mol. The number of phenolic OH excluding ortho intramolecular Hbond substituents is 1. The summed E-state index contributed by atoms with van der Waals surface area (Å²) in [5, 5.41) is 60.2. The van der Waals surface area contributed by atoms with Gasteiger partial charge in [0.25, 0.3) is 0 Å². The van der Waals surface area contributed by atoms with E-state index in [1.807, 2.05) is 0 Å². The molecule has 1 unspecified atom stereocenters. The van der Waals surface area contributed by atoms with Crippen molar-refractivity contribution in [3.63, 3.8) is 0 Å². The van der Waals surface area contributed by atoms with Crippen LogP contribution in [-0.4, -0.2) is 72.5 Å². The molecule has 1 fully saturated rings. The first-order chi connectivity index (χ1) is 11.8. The largest absolute Gasteiger partial charge is 0.508 e. The minimum atomic E-state index is -2.43. The fourth-order valence-electron chi connectivity index (χ4n) is 3.20. The van der Waals surface area contributed by atoms with Gasteiger partial charge in [0.1, 0.15) is 24.1 Å². The van der Waals surface area contributed by atoms with E-state index in [2.05, 4.69) is 0 Å². The van der Waals surface area contributed by atoms with Crippen molar-refractivity contribution in [3.05, 3.63) is 30.0 Å². The van der Waals surface area contributed by atoms with Gasteiger partial charge in [0.15, 0.2) is 6.23 Å². The third-order valence-corrected chi connectivity index (χ3v) is 4.57. The van der Waals surface area contributed by atoms with Gasteiger partial charge < -0.3 is 45.7 Å². The van der Waals surface area contributed by atoms with E-state index < -0.39 is 36.9 Å². The number of nitrogens with two attached hydrogens (primary N) is 1. The van der Waals surface area contributed by atoms with Gasteiger partial charge in [0.05, 0.1) is 12.1 Å². The van der Waals surface area contributed by atoms with Crippen molar-refractivity contribution < 1.29 is 35.4 Å². The van der Waals surface area contributed by atoms with Crippen LogP contribution >= 0.6 is 0 Å². The van der Waals surface area contributed by atoms with Crippen LogP contribution in [0.2, 0.25) is 0 Å². The molecule has 0 spiro atoms. The third-order valence-electron chi connectivity index (χ3n) is 4.57. The molecule has 0 amide bonds. The van der Waals surface area contributed by atoms with Gasteiger partial charge in [0, 0.05) is 11.6 Å². The number of aliphatic hydroxyl groups excluding tert-OH is 4. The van der Waals surface area contributed by atoms with Crippen molar-refractivity contribution >= 4 is 10.9 Å². The topological polar surface area (TPSA) is 162 Å². The highest BCUT2D eigenvalue weighted by Crippen LogP contribution is 2.37. The first-order valence-corrected chi connectivity index (χ1v) is 7.90. The number of rotatable bonds is 4. The lowest BCUT2D eigenvalue weighted by Crippen LogP contribution is -2.64. The Morgan fingerprint density at radius 1 is 1.20 bits per heavy atom. The maximum atomic E-state index is 10.3. The molecular formula is C16H22N2O7. The molecule has 0 aliphatic carbocycles. The Morgan fingerprint density at radius 3 is 2.56 bits per heavy atom. The van der Waals surface area contributed by atoms with Crippen molar-refractivity contribution in [1.82, 2.24) is 4.57 Å². The zero-order chi connectivity index (χ0) is 18.4. The number of aliphatic hydroxyl groups is 5. The van der Waals surface area contributed by atoms with E-state index in [4.69, 9.17) is 10.5 Å². The third kappa shape index (κ3) is 2.89. The average Bonchev–Trinajstić information content (AvgIpc) is 2.94. The standard InChI is InChI=1S/C16H22N2O7/c17-4-3-8-6-18(11-2-1-9(20)5-10(8)11)15-13(22)12(21)14(23)16(24,7-19)25-15/h1-2,5-6,12-15,19-24H,3-4,7,17H2/t12-,13+,14+,15?,16+/m1/s1. The van der Waals surface area contributed by atoms with E-state index in [1.165, 1.54) is 16.7 Å². The van der Waals surface area contributed by atoms with Crippen LogP contribution < -0.4 is 5.73 Å². The maximum Gasteiger partial charge on any atom is 0.220 e. The predicted octanol–water partition coefficient (Wildman–Crippen LogP) is -1.86. The highest BCUT2D eigenvalue weighted by Gasteiger charge is 2.53. The molecule has 9 heteroatoms. The van der Waals surface area contributed by atoms with Gasteiger partial charge in [-0.15, -0.1) is 0 Å². The van der Waals surface area contributed by atoms with E-state index in [0.29, 0.717) is 23.9 Å². The summed E-state index contributed by atoms with van der Waals surface area (Å²) in [5.74, 6) is -2.37. The van der Waals surface area contributed by atoms with E-state index in [0.717, 1.165) is 5.56 Å². The highest BCUT2D eigenvalue weighted by molar-refractivity contribution is 5.85. The van der Waals surface area contributed by atoms with Gasteiger partial charge in [-0.2, -0.15) is 0 Å². The van der Waals surface area contributed by atoms with Gasteiger partial charge in [-0.05, 0) is 36.7 Å². The molecule has 2 aromatic rings. The summed E-state index contributed by atoms with van der Waals surface area (Å²) >= 11 is 0. The number of aromatic hydroxyl groups is 1. The normalized spacial score (nSPS) is 33.0. The first-order valence-electron chi connectivity index (χ1n) is 7.90. The average molecular weight is 354 g/mol. The SMILES string of the molecule is NCCc1cn(C2O[C@@](O)(CO)[C@@H](O)[C@H](O)[C@@H]2O)c2ccc(O)cc12. The zero-order valence-electron chi connectivity index (χ0n) is 13.4. The second kappa shape index (κ2) is 6.54. The fraction of sp³-hybridized carbons (Fsp3) is 0.500. The van der Waals surface area contributed by atoms with Crippen LogP contribution in [0, 0.1) is 0 Å². The Labute approximate surface area is 143 Å². The quantitative estimate of drug-likeness (QED) is 0.336. The monoisotopic (exact) mass is 354 g/mol. The second-order valence-electron chi connectivity index (χ2n) is 6.24. The minimum Gasteiger partial charge on any atom is -0.508 e. The molecule has 25 heavy (non-hydrogen) atoms. The van der Waals surface area contributed by atoms with Gasteiger partial charge in [0.2, 0.25) is 5.79 Å². The van der Waals surface area contributed by atoms with Gasteiger partial charge in [-0.25, -0.2) is 0 Å². The molecule has 5 atom stereocenters. The van der Waals surface area contributed by atoms with Crippen LogP contribution in [0.4, 0.5) is 0 Å². The smallest absolute Gasteiger partial charge is 0.220 e. The van der Waals surface area contributed by atoms with Crippen LogP contribution in [0.15, 0.2) is 24.4 Å². The molecule has 138 valence electrons. The minimum absolute atomic E-state index is 0.0518. The number of fused-ring (bicyclic) bond motifs is 1. The Morgan fingerprint density at radius 2 is 1.92 bits per heavy atom. The first kappa shape index (κ1) is 18.1. The van der Waals surface area contributed by atoms with Crippen molar-refractivity contribution in [2.24, 2.45) is 5.73 Å². The number of benzene rings is 1. The van der Waals surface area contributed by atoms with Crippen molar-refractivity contribution in [1.29, 1.82) is 0 Å². The summed E-state index contributed by atoms with van der Waals surface area (Å²) in [6.45, 7) is -0.616. The summed E-state index contributed by atoms with van der Waals surface area (Å²) in [5.41, 5.74) is 6.95.